The second-order valence-electron chi connectivity index (χ2n) is 3.53. The van der Waals surface area contributed by atoms with Crippen LogP contribution in [-0.2, 0) is 4.79 Å². The third-order valence-corrected chi connectivity index (χ3v) is 2.38. The Balaban J connectivity index is 2.61. The van der Waals surface area contributed by atoms with Crippen LogP contribution < -0.4 is 0 Å². The molecule has 1 heterocycles. The largest absolute Gasteiger partial charge is 0.480 e. The molecule has 1 unspecified atom stereocenters. The molecule has 0 aromatic carbocycles. The van der Waals surface area contributed by atoms with Gasteiger partial charge in [-0.3, -0.25) is 9.69 Å². The predicted molar refractivity (Wildman–Crippen MR) is 43.2 cm³/mol. The van der Waals surface area contributed by atoms with Gasteiger partial charge in [0.15, 0.2) is 0 Å². The molecule has 88 valence electrons. The lowest BCUT2D eigenvalue weighted by Gasteiger charge is -2.25. The molecule has 0 aliphatic carbocycles. The quantitative estimate of drug-likeness (QED) is 0.741. The van der Waals surface area contributed by atoms with Crippen LogP contribution in [0.4, 0.5) is 17.6 Å². The fourth-order valence-corrected chi connectivity index (χ4v) is 1.63. The lowest BCUT2D eigenvalue weighted by atomic mass is 10.2. The van der Waals surface area contributed by atoms with Gasteiger partial charge in [0.1, 0.15) is 6.04 Å². The van der Waals surface area contributed by atoms with Crippen molar-refractivity contribution in [1.82, 2.24) is 4.90 Å². The molecule has 3 nitrogen and oxygen atoms in total. The molecule has 0 radical (unpaired) electrons. The number of alkyl halides is 4. The summed E-state index contributed by atoms with van der Waals surface area (Å²) in [6.07, 6.45) is -3.09. The van der Waals surface area contributed by atoms with Crippen LogP contribution in [-0.4, -0.2) is 47.5 Å². The second kappa shape index (κ2) is 4.34. The first-order valence-corrected chi connectivity index (χ1v) is 4.47. The monoisotopic (exact) mass is 229 g/mol. The fraction of sp³-hybridized carbons (Fsp3) is 0.875. The molecule has 1 aliphatic heterocycles. The van der Waals surface area contributed by atoms with Gasteiger partial charge in [-0.05, 0) is 19.4 Å². The molecule has 1 rings (SSSR count). The van der Waals surface area contributed by atoms with Crippen LogP contribution >= 0.6 is 0 Å². The van der Waals surface area contributed by atoms with Gasteiger partial charge in [-0.15, -0.1) is 0 Å². The van der Waals surface area contributed by atoms with Crippen LogP contribution in [0.1, 0.15) is 12.8 Å². The van der Waals surface area contributed by atoms with E-state index in [1.165, 1.54) is 0 Å². The highest BCUT2D eigenvalue weighted by atomic mass is 19.3. The topological polar surface area (TPSA) is 40.5 Å². The third kappa shape index (κ3) is 2.80. The normalized spacial score (nSPS) is 23.7. The van der Waals surface area contributed by atoms with E-state index in [1.54, 1.807) is 0 Å². The molecule has 15 heavy (non-hydrogen) atoms. The second-order valence-corrected chi connectivity index (χ2v) is 3.53. The SMILES string of the molecule is O=C(O)C1CCCN1CC(F)(F)C(F)F. The Morgan fingerprint density at radius 1 is 1.53 bits per heavy atom. The number of halogens is 4. The van der Waals surface area contributed by atoms with Crippen molar-refractivity contribution in [3.05, 3.63) is 0 Å². The molecular formula is C8H11F4NO2. The maximum Gasteiger partial charge on any atom is 0.320 e. The first-order valence-electron chi connectivity index (χ1n) is 4.47. The number of rotatable bonds is 4. The van der Waals surface area contributed by atoms with E-state index >= 15 is 0 Å². The van der Waals surface area contributed by atoms with E-state index in [4.69, 9.17) is 5.11 Å². The van der Waals surface area contributed by atoms with E-state index < -0.39 is 30.9 Å². The van der Waals surface area contributed by atoms with Crippen LogP contribution in [0.25, 0.3) is 0 Å². The molecule has 0 saturated carbocycles. The van der Waals surface area contributed by atoms with Crippen LogP contribution in [0, 0.1) is 0 Å². The highest BCUT2D eigenvalue weighted by molar-refractivity contribution is 5.73. The Labute approximate surface area is 83.7 Å². The lowest BCUT2D eigenvalue weighted by Crippen LogP contribution is -2.46. The number of hydrogen-bond donors (Lipinski definition) is 1. The number of aliphatic carboxylic acids is 1. The number of nitrogens with zero attached hydrogens (tertiary/aromatic N) is 1. The number of carbonyl (C=O) groups is 1. The highest BCUT2D eigenvalue weighted by Crippen LogP contribution is 2.28. The summed E-state index contributed by atoms with van der Waals surface area (Å²) >= 11 is 0. The number of hydrogen-bond acceptors (Lipinski definition) is 2. The molecular weight excluding hydrogens is 218 g/mol. The van der Waals surface area contributed by atoms with Gasteiger partial charge >= 0.3 is 18.3 Å². The van der Waals surface area contributed by atoms with Crippen LogP contribution in [0.5, 0.6) is 0 Å². The zero-order valence-electron chi connectivity index (χ0n) is 7.80. The Kier molecular flexibility index (Phi) is 3.54. The molecule has 0 spiro atoms. The van der Waals surface area contributed by atoms with Crippen molar-refractivity contribution in [1.29, 1.82) is 0 Å². The molecule has 1 fully saturated rings. The summed E-state index contributed by atoms with van der Waals surface area (Å²) in [5.74, 6) is -5.38. The minimum Gasteiger partial charge on any atom is -0.480 e. The minimum atomic E-state index is -4.14. The Morgan fingerprint density at radius 3 is 2.60 bits per heavy atom. The molecule has 1 aliphatic rings. The molecule has 7 heteroatoms. The Morgan fingerprint density at radius 2 is 2.13 bits per heavy atom. The molecule has 0 amide bonds. The summed E-state index contributed by atoms with van der Waals surface area (Å²) in [5, 5.41) is 8.65. The van der Waals surface area contributed by atoms with E-state index in [9.17, 15) is 22.4 Å². The van der Waals surface area contributed by atoms with Gasteiger partial charge in [0, 0.05) is 0 Å². The highest BCUT2D eigenvalue weighted by Gasteiger charge is 2.45. The van der Waals surface area contributed by atoms with Crippen LogP contribution in [0.2, 0.25) is 0 Å². The molecule has 1 saturated heterocycles. The van der Waals surface area contributed by atoms with Crippen molar-refractivity contribution in [2.45, 2.75) is 31.2 Å². The number of carboxylic acid groups (broad SMARTS) is 1. The summed E-state index contributed by atoms with van der Waals surface area (Å²) in [7, 11) is 0. The van der Waals surface area contributed by atoms with Crippen LogP contribution in [0.15, 0.2) is 0 Å². The third-order valence-electron chi connectivity index (χ3n) is 2.38. The predicted octanol–water partition coefficient (Wildman–Crippen LogP) is 1.44. The van der Waals surface area contributed by atoms with Crippen molar-refractivity contribution < 1.29 is 27.5 Å². The van der Waals surface area contributed by atoms with Gasteiger partial charge in [-0.1, -0.05) is 0 Å². The summed E-state index contributed by atoms with van der Waals surface area (Å²) in [6, 6.07) is -1.06. The average molecular weight is 229 g/mol. The van der Waals surface area contributed by atoms with Gasteiger partial charge in [0.25, 0.3) is 0 Å². The van der Waals surface area contributed by atoms with Gasteiger partial charge < -0.3 is 5.11 Å². The van der Waals surface area contributed by atoms with Crippen molar-refractivity contribution in [3.8, 4) is 0 Å². The fourth-order valence-electron chi connectivity index (χ4n) is 1.63. The maximum absolute atomic E-state index is 12.7. The van der Waals surface area contributed by atoms with E-state index in [0.29, 0.717) is 6.42 Å². The lowest BCUT2D eigenvalue weighted by molar-refractivity contribution is -0.155. The van der Waals surface area contributed by atoms with Crippen molar-refractivity contribution >= 4 is 5.97 Å². The smallest absolute Gasteiger partial charge is 0.320 e. The van der Waals surface area contributed by atoms with Crippen molar-refractivity contribution in [3.63, 3.8) is 0 Å². The van der Waals surface area contributed by atoms with E-state index in [2.05, 4.69) is 0 Å². The Bertz CT molecular complexity index is 247. The molecule has 0 aromatic heterocycles. The van der Waals surface area contributed by atoms with E-state index in [1.807, 2.05) is 0 Å². The standard InChI is InChI=1S/C8H11F4NO2/c9-7(10)8(11,12)4-13-3-1-2-5(13)6(14)15/h5,7H,1-4H2,(H,14,15). The number of likely N-dealkylation sites (tertiary alicyclic amines) is 1. The van der Waals surface area contributed by atoms with Crippen molar-refractivity contribution in [2.24, 2.45) is 0 Å². The first kappa shape index (κ1) is 12.2. The van der Waals surface area contributed by atoms with Crippen LogP contribution in [0.3, 0.4) is 0 Å². The molecule has 1 N–H and O–H groups in total. The summed E-state index contributed by atoms with van der Waals surface area (Å²) in [6.45, 7) is -1.07. The van der Waals surface area contributed by atoms with E-state index in [-0.39, 0.29) is 13.0 Å². The Hall–Kier alpha value is -0.850. The van der Waals surface area contributed by atoms with Gasteiger partial charge in [0.2, 0.25) is 0 Å². The number of carboxylic acids is 1. The van der Waals surface area contributed by atoms with Gasteiger partial charge in [-0.2, -0.15) is 8.78 Å². The summed E-state index contributed by atoms with van der Waals surface area (Å²) in [5.41, 5.74) is 0. The van der Waals surface area contributed by atoms with Crippen molar-refractivity contribution in [2.75, 3.05) is 13.1 Å². The van der Waals surface area contributed by atoms with E-state index in [0.717, 1.165) is 4.90 Å². The average Bonchev–Trinajstić information content (AvgIpc) is 2.51. The molecule has 0 bridgehead atoms. The summed E-state index contributed by atoms with van der Waals surface area (Å²) < 4.78 is 49.0. The zero-order chi connectivity index (χ0) is 11.6. The first-order chi connectivity index (χ1) is 6.84. The maximum atomic E-state index is 12.7. The molecule has 0 aromatic rings. The van der Waals surface area contributed by atoms with Gasteiger partial charge in [-0.25, -0.2) is 8.78 Å². The summed E-state index contributed by atoms with van der Waals surface area (Å²) in [4.78, 5) is 11.5. The minimum absolute atomic E-state index is 0.124. The molecule has 1 atom stereocenters. The van der Waals surface area contributed by atoms with Gasteiger partial charge in [0.05, 0.1) is 6.54 Å². The zero-order valence-corrected chi connectivity index (χ0v) is 7.80.